The highest BCUT2D eigenvalue weighted by Crippen LogP contribution is 2.31. The molecule has 0 unspecified atom stereocenters. The zero-order valence-corrected chi connectivity index (χ0v) is 12.8. The molecule has 5 heteroatoms. The van der Waals surface area contributed by atoms with Crippen LogP contribution in [0.25, 0.3) is 10.4 Å². The summed E-state index contributed by atoms with van der Waals surface area (Å²) in [7, 11) is 0. The molecule has 4 nitrogen and oxygen atoms in total. The SMILES string of the molecule is CC[C@H](O)COc1cc(C(=O)O)cc(-c2ccc(C)s2)c1. The van der Waals surface area contributed by atoms with Gasteiger partial charge in [-0.15, -0.1) is 11.3 Å². The van der Waals surface area contributed by atoms with E-state index in [9.17, 15) is 15.0 Å². The second-order valence-corrected chi connectivity index (χ2v) is 6.12. The predicted molar refractivity (Wildman–Crippen MR) is 83.2 cm³/mol. The number of hydrogen-bond acceptors (Lipinski definition) is 4. The molecule has 2 aromatic rings. The molecule has 1 aromatic carbocycles. The van der Waals surface area contributed by atoms with Crippen molar-refractivity contribution in [2.45, 2.75) is 26.4 Å². The molecule has 21 heavy (non-hydrogen) atoms. The molecular weight excluding hydrogens is 288 g/mol. The normalized spacial score (nSPS) is 12.1. The number of carboxylic acid groups (broad SMARTS) is 1. The molecule has 112 valence electrons. The third-order valence-corrected chi connectivity index (χ3v) is 4.14. The topological polar surface area (TPSA) is 66.8 Å². The lowest BCUT2D eigenvalue weighted by Crippen LogP contribution is -2.16. The largest absolute Gasteiger partial charge is 0.491 e. The van der Waals surface area contributed by atoms with Crippen molar-refractivity contribution >= 4 is 17.3 Å². The summed E-state index contributed by atoms with van der Waals surface area (Å²) in [5.41, 5.74) is 0.994. The van der Waals surface area contributed by atoms with Crippen LogP contribution in [0.1, 0.15) is 28.6 Å². The number of carboxylic acids is 1. The molecule has 0 fully saturated rings. The number of aliphatic hydroxyl groups is 1. The molecule has 1 atom stereocenters. The Morgan fingerprint density at radius 3 is 2.67 bits per heavy atom. The van der Waals surface area contributed by atoms with Gasteiger partial charge in [0.15, 0.2) is 0 Å². The number of rotatable bonds is 6. The first-order valence-corrected chi connectivity index (χ1v) is 7.57. The van der Waals surface area contributed by atoms with Gasteiger partial charge in [0.1, 0.15) is 12.4 Å². The summed E-state index contributed by atoms with van der Waals surface area (Å²) in [5.74, 6) is -0.533. The van der Waals surface area contributed by atoms with Crippen LogP contribution in [0.5, 0.6) is 5.75 Å². The van der Waals surface area contributed by atoms with E-state index in [0.717, 1.165) is 15.3 Å². The monoisotopic (exact) mass is 306 g/mol. The maximum Gasteiger partial charge on any atom is 0.335 e. The highest BCUT2D eigenvalue weighted by molar-refractivity contribution is 7.15. The Bertz CT molecular complexity index is 633. The fraction of sp³-hybridized carbons (Fsp3) is 0.312. The number of aryl methyl sites for hydroxylation is 1. The second kappa shape index (κ2) is 6.74. The van der Waals surface area contributed by atoms with Crippen LogP contribution >= 0.6 is 11.3 Å². The van der Waals surface area contributed by atoms with Gasteiger partial charge in [-0.25, -0.2) is 4.79 Å². The minimum absolute atomic E-state index is 0.155. The van der Waals surface area contributed by atoms with E-state index in [0.29, 0.717) is 12.2 Å². The first-order valence-electron chi connectivity index (χ1n) is 6.75. The quantitative estimate of drug-likeness (QED) is 0.856. The van der Waals surface area contributed by atoms with Gasteiger partial charge in [-0.3, -0.25) is 0 Å². The van der Waals surface area contributed by atoms with Crippen LogP contribution in [0.3, 0.4) is 0 Å². The van der Waals surface area contributed by atoms with Crippen molar-refractivity contribution in [3.63, 3.8) is 0 Å². The van der Waals surface area contributed by atoms with Gasteiger partial charge in [0, 0.05) is 9.75 Å². The summed E-state index contributed by atoms with van der Waals surface area (Å²) in [4.78, 5) is 13.4. The second-order valence-electron chi connectivity index (χ2n) is 4.83. The van der Waals surface area contributed by atoms with Crippen LogP contribution in [-0.2, 0) is 0 Å². The molecule has 1 heterocycles. The van der Waals surface area contributed by atoms with Crippen molar-refractivity contribution in [1.82, 2.24) is 0 Å². The standard InChI is InChI=1S/C16H18O4S/c1-3-13(17)9-20-14-7-11(6-12(8-14)16(18)19)15-5-4-10(2)21-15/h4-8,13,17H,3,9H2,1-2H3,(H,18,19)/t13-/m0/s1. The van der Waals surface area contributed by atoms with Crippen LogP contribution in [0, 0.1) is 6.92 Å². The number of aromatic carboxylic acids is 1. The van der Waals surface area contributed by atoms with E-state index in [4.69, 9.17) is 4.74 Å². The summed E-state index contributed by atoms with van der Waals surface area (Å²) >= 11 is 1.60. The van der Waals surface area contributed by atoms with Gasteiger partial charge < -0.3 is 14.9 Å². The first kappa shape index (κ1) is 15.5. The molecule has 0 saturated heterocycles. The molecule has 2 N–H and O–H groups in total. The number of thiophene rings is 1. The van der Waals surface area contributed by atoms with Gasteiger partial charge in [0.25, 0.3) is 0 Å². The number of benzene rings is 1. The minimum Gasteiger partial charge on any atom is -0.491 e. The van der Waals surface area contributed by atoms with Gasteiger partial charge in [0.05, 0.1) is 11.7 Å². The van der Waals surface area contributed by atoms with E-state index in [1.807, 2.05) is 26.0 Å². The summed E-state index contributed by atoms with van der Waals surface area (Å²) in [6.45, 7) is 4.02. The van der Waals surface area contributed by atoms with E-state index in [1.54, 1.807) is 23.5 Å². The van der Waals surface area contributed by atoms with E-state index < -0.39 is 12.1 Å². The van der Waals surface area contributed by atoms with Crippen molar-refractivity contribution < 1.29 is 19.7 Å². The summed E-state index contributed by atoms with van der Waals surface area (Å²) in [5, 5.41) is 18.8. The highest BCUT2D eigenvalue weighted by atomic mass is 32.1. The van der Waals surface area contributed by atoms with Gasteiger partial charge >= 0.3 is 5.97 Å². The Morgan fingerprint density at radius 1 is 1.33 bits per heavy atom. The molecule has 0 radical (unpaired) electrons. The molecule has 0 saturated carbocycles. The molecule has 2 rings (SSSR count). The molecule has 0 aliphatic carbocycles. The van der Waals surface area contributed by atoms with Crippen LogP contribution in [0.4, 0.5) is 0 Å². The zero-order valence-electron chi connectivity index (χ0n) is 12.0. The van der Waals surface area contributed by atoms with E-state index in [2.05, 4.69) is 0 Å². The third kappa shape index (κ3) is 4.06. The zero-order chi connectivity index (χ0) is 15.4. The van der Waals surface area contributed by atoms with E-state index in [1.165, 1.54) is 6.07 Å². The van der Waals surface area contributed by atoms with Crippen molar-refractivity contribution in [3.05, 3.63) is 40.8 Å². The molecule has 0 spiro atoms. The number of ether oxygens (including phenoxy) is 1. The van der Waals surface area contributed by atoms with Crippen LogP contribution < -0.4 is 4.74 Å². The third-order valence-electron chi connectivity index (χ3n) is 3.09. The molecule has 1 aromatic heterocycles. The van der Waals surface area contributed by atoms with Crippen molar-refractivity contribution in [2.24, 2.45) is 0 Å². The smallest absolute Gasteiger partial charge is 0.335 e. The van der Waals surface area contributed by atoms with Crippen LogP contribution in [0.15, 0.2) is 30.3 Å². The number of carbonyl (C=O) groups is 1. The molecule has 0 aliphatic rings. The Kier molecular flexibility index (Phi) is 4.98. The lowest BCUT2D eigenvalue weighted by atomic mass is 10.1. The fourth-order valence-electron chi connectivity index (χ4n) is 1.85. The summed E-state index contributed by atoms with van der Waals surface area (Å²) in [6.07, 6.45) is 0.0428. The number of aliphatic hydroxyl groups excluding tert-OH is 1. The predicted octanol–water partition coefficient (Wildman–Crippen LogP) is 3.57. The van der Waals surface area contributed by atoms with Crippen molar-refractivity contribution in [1.29, 1.82) is 0 Å². The molecule has 0 bridgehead atoms. The average molecular weight is 306 g/mol. The highest BCUT2D eigenvalue weighted by Gasteiger charge is 2.11. The summed E-state index contributed by atoms with van der Waals surface area (Å²) in [6, 6.07) is 8.88. The molecule has 0 amide bonds. The van der Waals surface area contributed by atoms with Crippen LogP contribution in [-0.4, -0.2) is 28.9 Å². The van der Waals surface area contributed by atoms with Crippen molar-refractivity contribution in [3.8, 4) is 16.2 Å². The molecular formula is C16H18O4S. The van der Waals surface area contributed by atoms with Crippen LogP contribution in [0.2, 0.25) is 0 Å². The lowest BCUT2D eigenvalue weighted by Gasteiger charge is -2.12. The maximum absolute atomic E-state index is 11.2. The number of hydrogen-bond donors (Lipinski definition) is 2. The Balaban J connectivity index is 2.32. The van der Waals surface area contributed by atoms with E-state index in [-0.39, 0.29) is 12.2 Å². The lowest BCUT2D eigenvalue weighted by molar-refractivity contribution is 0.0696. The summed E-state index contributed by atoms with van der Waals surface area (Å²) < 4.78 is 5.51. The average Bonchev–Trinajstić information content (AvgIpc) is 2.91. The van der Waals surface area contributed by atoms with Gasteiger partial charge in [0.2, 0.25) is 0 Å². The minimum atomic E-state index is -0.994. The van der Waals surface area contributed by atoms with E-state index >= 15 is 0 Å². The molecule has 0 aliphatic heterocycles. The first-order chi connectivity index (χ1) is 9.99. The van der Waals surface area contributed by atoms with Crippen molar-refractivity contribution in [2.75, 3.05) is 6.61 Å². The Labute approximate surface area is 127 Å². The maximum atomic E-state index is 11.2. The Hall–Kier alpha value is -1.85. The van der Waals surface area contributed by atoms with Gasteiger partial charge in [-0.1, -0.05) is 6.92 Å². The van der Waals surface area contributed by atoms with Gasteiger partial charge in [-0.05, 0) is 49.2 Å². The Morgan fingerprint density at radius 2 is 2.10 bits per heavy atom. The fourth-order valence-corrected chi connectivity index (χ4v) is 2.70. The van der Waals surface area contributed by atoms with Gasteiger partial charge in [-0.2, -0.15) is 0 Å².